The Kier molecular flexibility index (Phi) is 6.13. The molecule has 0 saturated carbocycles. The van der Waals surface area contributed by atoms with E-state index in [4.69, 9.17) is 9.47 Å². The van der Waals surface area contributed by atoms with Crippen LogP contribution in [0.15, 0.2) is 18.2 Å². The Hall–Kier alpha value is -1.77. The van der Waals surface area contributed by atoms with Gasteiger partial charge in [0.25, 0.3) is 0 Å². The molecule has 0 aromatic heterocycles. The Morgan fingerprint density at radius 1 is 1.21 bits per heavy atom. The van der Waals surface area contributed by atoms with Crippen LogP contribution in [-0.2, 0) is 0 Å². The largest absolute Gasteiger partial charge is 0.497 e. The lowest BCUT2D eigenvalue weighted by Gasteiger charge is -2.16. The molecule has 1 rings (SSSR count). The molecule has 0 amide bonds. The Labute approximate surface area is 114 Å². The van der Waals surface area contributed by atoms with Crippen LogP contribution in [0, 0.1) is 11.3 Å². The second-order valence-corrected chi connectivity index (χ2v) is 4.47. The van der Waals surface area contributed by atoms with E-state index < -0.39 is 0 Å². The minimum atomic E-state index is -0.371. The van der Waals surface area contributed by atoms with Crippen molar-refractivity contribution in [1.82, 2.24) is 10.2 Å². The van der Waals surface area contributed by atoms with Crippen LogP contribution >= 0.6 is 0 Å². The van der Waals surface area contributed by atoms with Crippen molar-refractivity contribution in [3.63, 3.8) is 0 Å². The van der Waals surface area contributed by atoms with E-state index in [1.54, 1.807) is 20.3 Å². The second-order valence-electron chi connectivity index (χ2n) is 4.47. The fourth-order valence-corrected chi connectivity index (χ4v) is 1.67. The second kappa shape index (κ2) is 7.62. The van der Waals surface area contributed by atoms with Crippen molar-refractivity contribution in [2.24, 2.45) is 0 Å². The molecule has 104 valence electrons. The summed E-state index contributed by atoms with van der Waals surface area (Å²) in [5.41, 5.74) is 0.845. The van der Waals surface area contributed by atoms with Gasteiger partial charge < -0.3 is 14.4 Å². The summed E-state index contributed by atoms with van der Waals surface area (Å²) >= 11 is 0. The third-order valence-corrected chi connectivity index (χ3v) is 2.74. The molecule has 0 bridgehead atoms. The predicted molar refractivity (Wildman–Crippen MR) is 74.5 cm³/mol. The van der Waals surface area contributed by atoms with Gasteiger partial charge in [-0.25, -0.2) is 0 Å². The maximum absolute atomic E-state index is 9.26. The van der Waals surface area contributed by atoms with E-state index in [0.29, 0.717) is 11.5 Å². The molecule has 1 aromatic rings. The number of ether oxygens (including phenoxy) is 2. The van der Waals surface area contributed by atoms with Crippen LogP contribution < -0.4 is 14.8 Å². The first-order chi connectivity index (χ1) is 9.10. The van der Waals surface area contributed by atoms with Crippen molar-refractivity contribution in [3.8, 4) is 17.6 Å². The van der Waals surface area contributed by atoms with Crippen molar-refractivity contribution in [2.75, 3.05) is 41.4 Å². The summed E-state index contributed by atoms with van der Waals surface area (Å²) in [5, 5.41) is 12.5. The summed E-state index contributed by atoms with van der Waals surface area (Å²) in [6.45, 7) is 1.62. The van der Waals surface area contributed by atoms with Crippen LogP contribution in [0.4, 0.5) is 0 Å². The van der Waals surface area contributed by atoms with Gasteiger partial charge in [-0.15, -0.1) is 0 Å². The Morgan fingerprint density at radius 3 is 2.21 bits per heavy atom. The molecule has 1 N–H and O–H groups in total. The molecule has 19 heavy (non-hydrogen) atoms. The molecule has 1 atom stereocenters. The van der Waals surface area contributed by atoms with Crippen molar-refractivity contribution in [3.05, 3.63) is 23.8 Å². The van der Waals surface area contributed by atoms with Crippen molar-refractivity contribution in [1.29, 1.82) is 5.26 Å². The number of nitriles is 1. The molecular weight excluding hydrogens is 242 g/mol. The van der Waals surface area contributed by atoms with E-state index in [1.807, 2.05) is 26.2 Å². The van der Waals surface area contributed by atoms with Crippen molar-refractivity contribution >= 4 is 0 Å². The van der Waals surface area contributed by atoms with Crippen LogP contribution in [0.2, 0.25) is 0 Å². The Morgan fingerprint density at radius 2 is 1.79 bits per heavy atom. The number of nitrogens with zero attached hydrogens (tertiary/aromatic N) is 2. The summed E-state index contributed by atoms with van der Waals surface area (Å²) in [5.74, 6) is 1.37. The van der Waals surface area contributed by atoms with E-state index >= 15 is 0 Å². The normalized spacial score (nSPS) is 12.0. The summed E-state index contributed by atoms with van der Waals surface area (Å²) in [6, 6.07) is 7.36. The van der Waals surface area contributed by atoms with Crippen LogP contribution in [0.25, 0.3) is 0 Å². The number of hydrogen-bond donors (Lipinski definition) is 1. The van der Waals surface area contributed by atoms with Gasteiger partial charge >= 0.3 is 0 Å². The first kappa shape index (κ1) is 15.3. The number of methoxy groups -OCH3 is 2. The highest BCUT2D eigenvalue weighted by Crippen LogP contribution is 2.26. The number of benzene rings is 1. The summed E-state index contributed by atoms with van der Waals surface area (Å²) in [6.07, 6.45) is 0. The van der Waals surface area contributed by atoms with Gasteiger partial charge in [-0.1, -0.05) is 0 Å². The van der Waals surface area contributed by atoms with Gasteiger partial charge in [0.2, 0.25) is 0 Å². The van der Waals surface area contributed by atoms with E-state index in [9.17, 15) is 5.26 Å². The van der Waals surface area contributed by atoms with Gasteiger partial charge in [-0.2, -0.15) is 5.26 Å². The minimum absolute atomic E-state index is 0.371. The SMILES string of the molecule is COc1cc(OC)cc(C(C#N)NCCN(C)C)c1. The molecule has 0 radical (unpaired) electrons. The van der Waals surface area contributed by atoms with Gasteiger partial charge in [0, 0.05) is 19.2 Å². The molecule has 0 spiro atoms. The molecule has 0 aliphatic rings. The van der Waals surface area contributed by atoms with Gasteiger partial charge in [-0.05, 0) is 31.8 Å². The first-order valence-corrected chi connectivity index (χ1v) is 6.11. The first-order valence-electron chi connectivity index (χ1n) is 6.11. The molecule has 0 aliphatic carbocycles. The number of nitrogens with one attached hydrogen (secondary N) is 1. The van der Waals surface area contributed by atoms with E-state index in [2.05, 4.69) is 16.3 Å². The zero-order valence-corrected chi connectivity index (χ0v) is 11.9. The van der Waals surface area contributed by atoms with Gasteiger partial charge in [-0.3, -0.25) is 5.32 Å². The Balaban J connectivity index is 2.82. The van der Waals surface area contributed by atoms with Crippen LogP contribution in [-0.4, -0.2) is 46.3 Å². The lowest BCUT2D eigenvalue weighted by molar-refractivity contribution is 0.387. The Bertz CT molecular complexity index is 419. The van der Waals surface area contributed by atoms with E-state index in [1.165, 1.54) is 0 Å². The molecular formula is C14H21N3O2. The maximum atomic E-state index is 9.26. The molecule has 0 aliphatic heterocycles. The predicted octanol–water partition coefficient (Wildman–Crippen LogP) is 1.42. The summed E-state index contributed by atoms with van der Waals surface area (Å²) < 4.78 is 10.4. The number of hydrogen-bond acceptors (Lipinski definition) is 5. The van der Waals surface area contributed by atoms with Crippen molar-refractivity contribution in [2.45, 2.75) is 6.04 Å². The fourth-order valence-electron chi connectivity index (χ4n) is 1.67. The molecule has 5 heteroatoms. The summed E-state index contributed by atoms with van der Waals surface area (Å²) in [7, 11) is 7.19. The quantitative estimate of drug-likeness (QED) is 0.806. The molecule has 1 unspecified atom stereocenters. The lowest BCUT2D eigenvalue weighted by Crippen LogP contribution is -2.29. The van der Waals surface area contributed by atoms with Gasteiger partial charge in [0.05, 0.1) is 20.3 Å². The highest BCUT2D eigenvalue weighted by molar-refractivity contribution is 5.41. The zero-order chi connectivity index (χ0) is 14.3. The van der Waals surface area contributed by atoms with Crippen molar-refractivity contribution < 1.29 is 9.47 Å². The summed E-state index contributed by atoms with van der Waals surface area (Å²) in [4.78, 5) is 2.06. The maximum Gasteiger partial charge on any atom is 0.122 e. The molecule has 0 fully saturated rings. The van der Waals surface area contributed by atoms with E-state index in [-0.39, 0.29) is 6.04 Å². The monoisotopic (exact) mass is 263 g/mol. The molecule has 0 saturated heterocycles. The zero-order valence-electron chi connectivity index (χ0n) is 11.9. The standard InChI is InChI=1S/C14H21N3O2/c1-17(2)6-5-16-14(10-15)11-7-12(18-3)9-13(8-11)19-4/h7-9,14,16H,5-6H2,1-4H3. The third kappa shape index (κ3) is 4.78. The lowest BCUT2D eigenvalue weighted by atomic mass is 10.1. The highest BCUT2D eigenvalue weighted by Gasteiger charge is 2.12. The minimum Gasteiger partial charge on any atom is -0.497 e. The number of likely N-dealkylation sites (N-methyl/N-ethyl adjacent to an activating group) is 1. The topological polar surface area (TPSA) is 57.5 Å². The number of rotatable bonds is 7. The third-order valence-electron chi connectivity index (χ3n) is 2.74. The molecule has 0 heterocycles. The average molecular weight is 263 g/mol. The fraction of sp³-hybridized carbons (Fsp3) is 0.500. The van der Waals surface area contributed by atoms with Crippen LogP contribution in [0.5, 0.6) is 11.5 Å². The highest BCUT2D eigenvalue weighted by atomic mass is 16.5. The van der Waals surface area contributed by atoms with Crippen LogP contribution in [0.1, 0.15) is 11.6 Å². The van der Waals surface area contributed by atoms with Gasteiger partial charge in [0.15, 0.2) is 0 Å². The van der Waals surface area contributed by atoms with Crippen LogP contribution in [0.3, 0.4) is 0 Å². The average Bonchev–Trinajstić information content (AvgIpc) is 2.42. The van der Waals surface area contributed by atoms with E-state index in [0.717, 1.165) is 18.7 Å². The molecule has 1 aromatic carbocycles. The smallest absolute Gasteiger partial charge is 0.122 e. The van der Waals surface area contributed by atoms with Gasteiger partial charge in [0.1, 0.15) is 17.5 Å². The molecule has 5 nitrogen and oxygen atoms in total.